The van der Waals surface area contributed by atoms with Crippen LogP contribution in [0.25, 0.3) is 11.3 Å². The monoisotopic (exact) mass is 341 g/mol. The number of rotatable bonds is 5. The number of ether oxygens (including phenoxy) is 1. The summed E-state index contributed by atoms with van der Waals surface area (Å²) in [5.74, 6) is -0.462. The number of hydrogen-bond donors (Lipinski definition) is 0. The topological polar surface area (TPSA) is 82.8 Å². The van der Waals surface area contributed by atoms with Gasteiger partial charge >= 0.3 is 6.01 Å². The molecule has 0 aliphatic carbocycles. The number of nitrogens with zero attached hydrogens (tertiary/aromatic N) is 5. The van der Waals surface area contributed by atoms with Gasteiger partial charge in [-0.3, -0.25) is 9.78 Å². The Morgan fingerprint density at radius 2 is 1.92 bits per heavy atom. The van der Waals surface area contributed by atoms with Crippen molar-refractivity contribution in [1.82, 2.24) is 24.7 Å². The van der Waals surface area contributed by atoms with Gasteiger partial charge in [0.05, 0.1) is 24.5 Å². The fourth-order valence-electron chi connectivity index (χ4n) is 2.15. The summed E-state index contributed by atoms with van der Waals surface area (Å²) < 4.78 is 19.9. The van der Waals surface area contributed by atoms with Gasteiger partial charge in [0.15, 0.2) is 0 Å². The lowest BCUT2D eigenvalue weighted by molar-refractivity contribution is 0.222. The minimum Gasteiger partial charge on any atom is -0.461 e. The van der Waals surface area contributed by atoms with Gasteiger partial charge in [-0.05, 0) is 31.5 Å². The molecule has 0 radical (unpaired) electrons. The molecule has 25 heavy (non-hydrogen) atoms. The maximum Gasteiger partial charge on any atom is 0.316 e. The highest BCUT2D eigenvalue weighted by molar-refractivity contribution is 5.55. The highest BCUT2D eigenvalue weighted by Gasteiger charge is 2.07. The van der Waals surface area contributed by atoms with Crippen molar-refractivity contribution in [2.75, 3.05) is 0 Å². The first-order valence-corrected chi connectivity index (χ1v) is 7.68. The van der Waals surface area contributed by atoms with Crippen LogP contribution in [0.5, 0.6) is 6.01 Å². The average Bonchev–Trinajstić information content (AvgIpc) is 2.57. The smallest absolute Gasteiger partial charge is 0.316 e. The molecule has 0 bridgehead atoms. The second-order valence-corrected chi connectivity index (χ2v) is 5.65. The molecule has 0 aliphatic rings. The van der Waals surface area contributed by atoms with Crippen molar-refractivity contribution >= 4 is 0 Å². The van der Waals surface area contributed by atoms with E-state index in [9.17, 15) is 9.18 Å². The van der Waals surface area contributed by atoms with Gasteiger partial charge < -0.3 is 4.74 Å². The van der Waals surface area contributed by atoms with E-state index < -0.39 is 5.82 Å². The summed E-state index contributed by atoms with van der Waals surface area (Å²) in [5.41, 5.74) is 1.42. The lowest BCUT2D eigenvalue weighted by Crippen LogP contribution is -2.23. The van der Waals surface area contributed by atoms with E-state index >= 15 is 0 Å². The zero-order valence-corrected chi connectivity index (χ0v) is 13.8. The molecule has 8 heteroatoms. The van der Waals surface area contributed by atoms with Gasteiger partial charge in [-0.1, -0.05) is 0 Å². The summed E-state index contributed by atoms with van der Waals surface area (Å²) in [6, 6.07) is 4.57. The molecule has 0 unspecified atom stereocenters. The first-order chi connectivity index (χ1) is 12.0. The van der Waals surface area contributed by atoms with Crippen molar-refractivity contribution in [3.63, 3.8) is 0 Å². The van der Waals surface area contributed by atoms with E-state index in [0.29, 0.717) is 16.8 Å². The predicted molar refractivity (Wildman–Crippen MR) is 88.6 cm³/mol. The van der Waals surface area contributed by atoms with Crippen LogP contribution in [0.2, 0.25) is 0 Å². The molecule has 0 spiro atoms. The van der Waals surface area contributed by atoms with E-state index in [1.807, 2.05) is 13.8 Å². The summed E-state index contributed by atoms with van der Waals surface area (Å²) in [7, 11) is 0. The Labute approximate surface area is 143 Å². The summed E-state index contributed by atoms with van der Waals surface area (Å²) in [6.45, 7) is 3.89. The molecule has 3 aromatic rings. The molecular formula is C17H16FN5O2. The quantitative estimate of drug-likeness (QED) is 0.706. The fourth-order valence-corrected chi connectivity index (χ4v) is 2.15. The normalized spacial score (nSPS) is 10.9. The van der Waals surface area contributed by atoms with Crippen LogP contribution in [0.3, 0.4) is 0 Å². The standard InChI is InChI=1S/C17H16FN5O2/c1-11(2)25-17-20-7-13(8-21-17)15-3-4-16(24)23(22-15)10-12-5-14(18)9-19-6-12/h3-9,11H,10H2,1-2H3. The Kier molecular flexibility index (Phi) is 4.78. The van der Waals surface area contributed by atoms with Crippen LogP contribution in [-0.2, 0) is 6.54 Å². The molecule has 3 aromatic heterocycles. The van der Waals surface area contributed by atoms with Crippen molar-refractivity contribution in [2.24, 2.45) is 0 Å². The molecule has 0 fully saturated rings. The van der Waals surface area contributed by atoms with E-state index in [1.165, 1.54) is 23.0 Å². The summed E-state index contributed by atoms with van der Waals surface area (Å²) in [6.07, 6.45) is 5.72. The van der Waals surface area contributed by atoms with Crippen LogP contribution in [0, 0.1) is 5.82 Å². The third-order valence-corrected chi connectivity index (χ3v) is 3.23. The van der Waals surface area contributed by atoms with Crippen LogP contribution in [0.4, 0.5) is 4.39 Å². The lowest BCUT2D eigenvalue weighted by atomic mass is 10.2. The molecular weight excluding hydrogens is 325 g/mol. The third kappa shape index (κ3) is 4.23. The summed E-state index contributed by atoms with van der Waals surface area (Å²) >= 11 is 0. The van der Waals surface area contributed by atoms with Gasteiger partial charge in [0.25, 0.3) is 5.56 Å². The van der Waals surface area contributed by atoms with Gasteiger partial charge in [0.1, 0.15) is 5.82 Å². The van der Waals surface area contributed by atoms with Crippen LogP contribution in [0.15, 0.2) is 47.8 Å². The van der Waals surface area contributed by atoms with Crippen molar-refractivity contribution in [1.29, 1.82) is 0 Å². The molecule has 0 N–H and O–H groups in total. The Balaban J connectivity index is 1.87. The Morgan fingerprint density at radius 1 is 1.16 bits per heavy atom. The van der Waals surface area contributed by atoms with Crippen molar-refractivity contribution in [3.8, 4) is 17.3 Å². The highest BCUT2D eigenvalue weighted by Crippen LogP contribution is 2.15. The van der Waals surface area contributed by atoms with Gasteiger partial charge in [-0.2, -0.15) is 5.10 Å². The lowest BCUT2D eigenvalue weighted by Gasteiger charge is -2.09. The van der Waals surface area contributed by atoms with E-state index in [0.717, 1.165) is 6.20 Å². The van der Waals surface area contributed by atoms with E-state index in [1.54, 1.807) is 18.5 Å². The van der Waals surface area contributed by atoms with Crippen LogP contribution in [0.1, 0.15) is 19.4 Å². The number of hydrogen-bond acceptors (Lipinski definition) is 6. The predicted octanol–water partition coefficient (Wildman–Crippen LogP) is 2.07. The molecule has 7 nitrogen and oxygen atoms in total. The maximum absolute atomic E-state index is 13.2. The van der Waals surface area contributed by atoms with Crippen molar-refractivity contribution < 1.29 is 9.13 Å². The number of pyridine rings is 1. The second kappa shape index (κ2) is 7.16. The van der Waals surface area contributed by atoms with Gasteiger partial charge in [0, 0.05) is 30.2 Å². The summed E-state index contributed by atoms with van der Waals surface area (Å²) in [5, 5.41) is 4.29. The van der Waals surface area contributed by atoms with E-state index in [-0.39, 0.29) is 24.2 Å². The second-order valence-electron chi connectivity index (χ2n) is 5.65. The van der Waals surface area contributed by atoms with Crippen LogP contribution in [-0.4, -0.2) is 30.8 Å². The Morgan fingerprint density at radius 3 is 2.60 bits per heavy atom. The maximum atomic E-state index is 13.2. The zero-order valence-electron chi connectivity index (χ0n) is 13.8. The van der Waals surface area contributed by atoms with Crippen molar-refractivity contribution in [2.45, 2.75) is 26.5 Å². The van der Waals surface area contributed by atoms with Gasteiger partial charge in [-0.25, -0.2) is 19.0 Å². The molecule has 3 heterocycles. The minimum atomic E-state index is -0.462. The first kappa shape index (κ1) is 16.7. The third-order valence-electron chi connectivity index (χ3n) is 3.23. The molecule has 3 rings (SSSR count). The average molecular weight is 341 g/mol. The molecule has 0 aromatic carbocycles. The Bertz CT molecular complexity index is 925. The van der Waals surface area contributed by atoms with Gasteiger partial charge in [-0.15, -0.1) is 0 Å². The fraction of sp³-hybridized carbons (Fsp3) is 0.235. The molecule has 128 valence electrons. The molecule has 0 saturated carbocycles. The zero-order chi connectivity index (χ0) is 17.8. The van der Waals surface area contributed by atoms with E-state index in [4.69, 9.17) is 4.74 Å². The molecule has 0 amide bonds. The van der Waals surface area contributed by atoms with Crippen molar-refractivity contribution in [3.05, 3.63) is 64.7 Å². The minimum absolute atomic E-state index is 0.0224. The van der Waals surface area contributed by atoms with E-state index in [2.05, 4.69) is 20.1 Å². The molecule has 0 atom stereocenters. The first-order valence-electron chi connectivity index (χ1n) is 7.68. The van der Waals surface area contributed by atoms with Gasteiger partial charge in [0.2, 0.25) is 0 Å². The van der Waals surface area contributed by atoms with Crippen LogP contribution < -0.4 is 10.3 Å². The SMILES string of the molecule is CC(C)Oc1ncc(-c2ccc(=O)n(Cc3cncc(F)c3)n2)cn1. The Hall–Kier alpha value is -3.16. The molecule has 0 aliphatic heterocycles. The number of aromatic nitrogens is 5. The highest BCUT2D eigenvalue weighted by atomic mass is 19.1. The molecule has 0 saturated heterocycles. The van der Waals surface area contributed by atoms with Crippen LogP contribution >= 0.6 is 0 Å². The largest absolute Gasteiger partial charge is 0.461 e. The summed E-state index contributed by atoms with van der Waals surface area (Å²) in [4.78, 5) is 24.0. The number of halogens is 1.